The topological polar surface area (TPSA) is 88.2 Å². The molecule has 0 bridgehead atoms. The van der Waals surface area contributed by atoms with E-state index in [4.69, 9.17) is 4.52 Å². The molecule has 2 aromatic heterocycles. The SMILES string of the molecule is CCC(O)(CC)CNC(=O)CCc1nc(-c2cccs2)no1. The van der Waals surface area contributed by atoms with Crippen molar-refractivity contribution in [2.45, 2.75) is 45.1 Å². The Kier molecular flexibility index (Phi) is 5.68. The van der Waals surface area contributed by atoms with E-state index in [0.717, 1.165) is 4.88 Å². The number of aromatic nitrogens is 2. The highest BCUT2D eigenvalue weighted by Crippen LogP contribution is 2.21. The maximum Gasteiger partial charge on any atom is 0.227 e. The summed E-state index contributed by atoms with van der Waals surface area (Å²) in [5.74, 6) is 0.868. The molecule has 1 amide bonds. The van der Waals surface area contributed by atoms with E-state index >= 15 is 0 Å². The normalized spacial score (nSPS) is 11.6. The third kappa shape index (κ3) is 4.38. The molecule has 0 radical (unpaired) electrons. The van der Waals surface area contributed by atoms with Gasteiger partial charge in [0, 0.05) is 19.4 Å². The van der Waals surface area contributed by atoms with E-state index in [0.29, 0.717) is 31.0 Å². The van der Waals surface area contributed by atoms with Gasteiger partial charge in [0.15, 0.2) is 0 Å². The van der Waals surface area contributed by atoms with Gasteiger partial charge in [-0.25, -0.2) is 0 Å². The summed E-state index contributed by atoms with van der Waals surface area (Å²) in [5.41, 5.74) is -0.827. The molecule has 120 valence electrons. The van der Waals surface area contributed by atoms with Crippen molar-refractivity contribution in [1.29, 1.82) is 0 Å². The molecule has 2 rings (SSSR count). The number of carbonyl (C=O) groups excluding carboxylic acids is 1. The lowest BCUT2D eigenvalue weighted by Gasteiger charge is -2.25. The molecule has 6 nitrogen and oxygen atoms in total. The lowest BCUT2D eigenvalue weighted by molar-refractivity contribution is -0.122. The highest BCUT2D eigenvalue weighted by molar-refractivity contribution is 7.13. The first-order chi connectivity index (χ1) is 10.6. The van der Waals surface area contributed by atoms with Gasteiger partial charge < -0.3 is 14.9 Å². The Hall–Kier alpha value is -1.73. The molecule has 0 saturated heterocycles. The third-order valence-electron chi connectivity index (χ3n) is 3.71. The fourth-order valence-corrected chi connectivity index (χ4v) is 2.58. The van der Waals surface area contributed by atoms with Crippen LogP contribution in [0.15, 0.2) is 22.0 Å². The zero-order chi connectivity index (χ0) is 16.0. The van der Waals surface area contributed by atoms with Crippen LogP contribution in [0.25, 0.3) is 10.7 Å². The summed E-state index contributed by atoms with van der Waals surface area (Å²) in [6.45, 7) is 4.07. The number of aliphatic hydroxyl groups is 1. The lowest BCUT2D eigenvalue weighted by atomic mass is 9.97. The van der Waals surface area contributed by atoms with Crippen LogP contribution in [0.4, 0.5) is 0 Å². The molecule has 0 fully saturated rings. The number of aryl methyl sites for hydroxylation is 1. The first kappa shape index (κ1) is 16.6. The maximum absolute atomic E-state index is 11.8. The number of nitrogens with zero attached hydrogens (tertiary/aromatic N) is 2. The quantitative estimate of drug-likeness (QED) is 0.779. The van der Waals surface area contributed by atoms with E-state index in [1.54, 1.807) is 0 Å². The van der Waals surface area contributed by atoms with Crippen LogP contribution in [-0.2, 0) is 11.2 Å². The average Bonchev–Trinajstić information content (AvgIpc) is 3.21. The second kappa shape index (κ2) is 7.51. The summed E-state index contributed by atoms with van der Waals surface area (Å²) < 4.78 is 5.14. The number of hydrogen-bond donors (Lipinski definition) is 2. The molecule has 0 aliphatic carbocycles. The van der Waals surface area contributed by atoms with Gasteiger partial charge in [-0.1, -0.05) is 25.1 Å². The summed E-state index contributed by atoms with van der Waals surface area (Å²) in [6.07, 6.45) is 1.87. The third-order valence-corrected chi connectivity index (χ3v) is 4.57. The molecular formula is C15H21N3O3S. The molecule has 22 heavy (non-hydrogen) atoms. The number of nitrogens with one attached hydrogen (secondary N) is 1. The smallest absolute Gasteiger partial charge is 0.227 e. The van der Waals surface area contributed by atoms with Crippen LogP contribution in [0.3, 0.4) is 0 Å². The molecule has 0 unspecified atom stereocenters. The molecule has 7 heteroatoms. The largest absolute Gasteiger partial charge is 0.388 e. The van der Waals surface area contributed by atoms with Crippen molar-refractivity contribution in [2.75, 3.05) is 6.54 Å². The van der Waals surface area contributed by atoms with Gasteiger partial charge in [0.1, 0.15) is 0 Å². The van der Waals surface area contributed by atoms with E-state index in [1.165, 1.54) is 11.3 Å². The number of carbonyl (C=O) groups is 1. The lowest BCUT2D eigenvalue weighted by Crippen LogP contribution is -2.42. The van der Waals surface area contributed by atoms with Crippen molar-refractivity contribution >= 4 is 17.2 Å². The van der Waals surface area contributed by atoms with Crippen LogP contribution in [0.2, 0.25) is 0 Å². The van der Waals surface area contributed by atoms with Crippen LogP contribution < -0.4 is 5.32 Å². The summed E-state index contributed by atoms with van der Waals surface area (Å²) in [7, 11) is 0. The van der Waals surface area contributed by atoms with Gasteiger partial charge in [-0.2, -0.15) is 4.98 Å². The van der Waals surface area contributed by atoms with Crippen molar-refractivity contribution in [1.82, 2.24) is 15.5 Å². The van der Waals surface area contributed by atoms with Crippen LogP contribution in [-0.4, -0.2) is 33.3 Å². The molecule has 0 aromatic carbocycles. The molecule has 0 aliphatic rings. The van der Waals surface area contributed by atoms with Crippen molar-refractivity contribution in [3.05, 3.63) is 23.4 Å². The predicted molar refractivity (Wildman–Crippen MR) is 84.5 cm³/mol. The molecule has 2 heterocycles. The van der Waals surface area contributed by atoms with Crippen LogP contribution >= 0.6 is 11.3 Å². The Labute approximate surface area is 133 Å². The van der Waals surface area contributed by atoms with E-state index in [-0.39, 0.29) is 18.9 Å². The number of hydrogen-bond acceptors (Lipinski definition) is 6. The fourth-order valence-electron chi connectivity index (χ4n) is 1.93. The zero-order valence-corrected chi connectivity index (χ0v) is 13.7. The van der Waals surface area contributed by atoms with Gasteiger partial charge in [-0.3, -0.25) is 4.79 Å². The molecule has 0 spiro atoms. The maximum atomic E-state index is 11.8. The van der Waals surface area contributed by atoms with Gasteiger partial charge >= 0.3 is 0 Å². The van der Waals surface area contributed by atoms with Gasteiger partial charge in [-0.15, -0.1) is 11.3 Å². The van der Waals surface area contributed by atoms with Crippen molar-refractivity contribution in [2.24, 2.45) is 0 Å². The van der Waals surface area contributed by atoms with Crippen molar-refractivity contribution in [3.63, 3.8) is 0 Å². The number of thiophene rings is 1. The van der Waals surface area contributed by atoms with E-state index in [9.17, 15) is 9.90 Å². The summed E-state index contributed by atoms with van der Waals surface area (Å²) in [5, 5.41) is 18.7. The highest BCUT2D eigenvalue weighted by atomic mass is 32.1. The standard InChI is InChI=1S/C15H21N3O3S/c1-3-15(20,4-2)10-16-12(19)7-8-13-17-14(18-21-13)11-6-5-9-22-11/h5-6,9,20H,3-4,7-8,10H2,1-2H3,(H,16,19). The minimum absolute atomic E-state index is 0.129. The van der Waals surface area contributed by atoms with Crippen molar-refractivity contribution in [3.8, 4) is 10.7 Å². The van der Waals surface area contributed by atoms with E-state index in [1.807, 2.05) is 31.4 Å². The second-order valence-electron chi connectivity index (χ2n) is 5.20. The first-order valence-electron chi connectivity index (χ1n) is 7.42. The summed E-state index contributed by atoms with van der Waals surface area (Å²) >= 11 is 1.54. The molecule has 2 N–H and O–H groups in total. The van der Waals surface area contributed by atoms with Gasteiger partial charge in [-0.05, 0) is 24.3 Å². The Morgan fingerprint density at radius 1 is 1.45 bits per heavy atom. The zero-order valence-electron chi connectivity index (χ0n) is 12.8. The monoisotopic (exact) mass is 323 g/mol. The average molecular weight is 323 g/mol. The van der Waals surface area contributed by atoms with E-state index < -0.39 is 5.60 Å². The predicted octanol–water partition coefficient (Wildman–Crippen LogP) is 2.40. The van der Waals surface area contributed by atoms with Gasteiger partial charge in [0.2, 0.25) is 17.6 Å². The highest BCUT2D eigenvalue weighted by Gasteiger charge is 2.22. The van der Waals surface area contributed by atoms with E-state index in [2.05, 4.69) is 15.5 Å². The number of rotatable bonds is 8. The number of amides is 1. The minimum Gasteiger partial charge on any atom is -0.388 e. The Bertz CT molecular complexity index is 591. The van der Waals surface area contributed by atoms with Gasteiger partial charge in [0.05, 0.1) is 10.5 Å². The van der Waals surface area contributed by atoms with Crippen LogP contribution in [0.5, 0.6) is 0 Å². The van der Waals surface area contributed by atoms with Crippen molar-refractivity contribution < 1.29 is 14.4 Å². The molecule has 0 saturated carbocycles. The second-order valence-corrected chi connectivity index (χ2v) is 6.14. The summed E-state index contributed by atoms with van der Waals surface area (Å²) in [6, 6.07) is 3.84. The Morgan fingerprint density at radius 3 is 2.86 bits per heavy atom. The Balaban J connectivity index is 1.79. The minimum atomic E-state index is -0.827. The molecule has 0 aliphatic heterocycles. The fraction of sp³-hybridized carbons (Fsp3) is 0.533. The molecule has 0 atom stereocenters. The summed E-state index contributed by atoms with van der Waals surface area (Å²) in [4.78, 5) is 17.0. The van der Waals surface area contributed by atoms with Gasteiger partial charge in [0.25, 0.3) is 0 Å². The van der Waals surface area contributed by atoms with Crippen LogP contribution in [0.1, 0.15) is 39.0 Å². The molecule has 2 aromatic rings. The Morgan fingerprint density at radius 2 is 2.23 bits per heavy atom. The first-order valence-corrected chi connectivity index (χ1v) is 8.30. The van der Waals surface area contributed by atoms with Crippen LogP contribution in [0, 0.1) is 0 Å². The molecular weight excluding hydrogens is 302 g/mol.